The zero-order valence-corrected chi connectivity index (χ0v) is 17.2. The van der Waals surface area contributed by atoms with Gasteiger partial charge in [0.25, 0.3) is 11.5 Å². The first-order valence-corrected chi connectivity index (χ1v) is 10.1. The average molecular weight is 434 g/mol. The van der Waals surface area contributed by atoms with Gasteiger partial charge < -0.3 is 20.3 Å². The van der Waals surface area contributed by atoms with Crippen molar-refractivity contribution in [2.75, 3.05) is 36.5 Å². The van der Waals surface area contributed by atoms with Crippen molar-refractivity contribution in [2.45, 2.75) is 6.54 Å². The van der Waals surface area contributed by atoms with Crippen LogP contribution in [0.3, 0.4) is 0 Å². The number of ether oxygens (including phenoxy) is 1. The zero-order chi connectivity index (χ0) is 22.3. The number of hydrogen-bond acceptors (Lipinski definition) is 7. The Bertz CT molecular complexity index is 1150. The first kappa shape index (κ1) is 21.0. The van der Waals surface area contributed by atoms with Gasteiger partial charge in [-0.25, -0.2) is 9.67 Å². The molecule has 0 unspecified atom stereocenters. The predicted molar refractivity (Wildman–Crippen MR) is 118 cm³/mol. The lowest BCUT2D eigenvalue weighted by atomic mass is 10.3. The van der Waals surface area contributed by atoms with Gasteiger partial charge in [0.15, 0.2) is 0 Å². The Morgan fingerprint density at radius 3 is 2.69 bits per heavy atom. The predicted octanol–water partition coefficient (Wildman–Crippen LogP) is 0.906. The van der Waals surface area contributed by atoms with Crippen molar-refractivity contribution in [2.24, 2.45) is 0 Å². The number of benzene rings is 1. The van der Waals surface area contributed by atoms with Gasteiger partial charge in [-0.3, -0.25) is 14.4 Å². The third-order valence-corrected chi connectivity index (χ3v) is 4.78. The van der Waals surface area contributed by atoms with Crippen LogP contribution in [0.15, 0.2) is 65.6 Å². The Morgan fingerprint density at radius 2 is 1.94 bits per heavy atom. The first-order valence-electron chi connectivity index (χ1n) is 10.1. The molecule has 10 heteroatoms. The third kappa shape index (κ3) is 5.28. The van der Waals surface area contributed by atoms with E-state index in [9.17, 15) is 14.4 Å². The molecule has 0 saturated carbocycles. The van der Waals surface area contributed by atoms with Crippen LogP contribution in [-0.4, -0.2) is 52.8 Å². The Balaban J connectivity index is 1.37. The molecular formula is C22H22N6O4. The number of rotatable bonds is 7. The van der Waals surface area contributed by atoms with E-state index in [0.29, 0.717) is 30.3 Å². The summed E-state index contributed by atoms with van der Waals surface area (Å²) in [4.78, 5) is 42.4. The van der Waals surface area contributed by atoms with Gasteiger partial charge >= 0.3 is 0 Å². The van der Waals surface area contributed by atoms with Crippen LogP contribution in [0.2, 0.25) is 0 Å². The Morgan fingerprint density at radius 1 is 1.09 bits per heavy atom. The number of carbonyl (C=O) groups excluding carboxylic acids is 2. The molecule has 1 aromatic carbocycles. The van der Waals surface area contributed by atoms with Crippen molar-refractivity contribution >= 4 is 23.3 Å². The number of amides is 2. The molecule has 1 saturated heterocycles. The number of nitrogens with zero attached hydrogens (tertiary/aromatic N) is 4. The Hall–Kier alpha value is -4.21. The lowest BCUT2D eigenvalue weighted by Crippen LogP contribution is -2.48. The summed E-state index contributed by atoms with van der Waals surface area (Å²) in [7, 11) is 0. The van der Waals surface area contributed by atoms with Gasteiger partial charge in [-0.2, -0.15) is 5.10 Å². The number of anilines is 2. The summed E-state index contributed by atoms with van der Waals surface area (Å²) in [5.41, 5.74) is 0.253. The quantitative estimate of drug-likeness (QED) is 0.567. The standard InChI is InChI=1S/C22H22N6O4/c29-20-15-27(11-10-23-20)19-8-6-16(14-24-19)25-22(31)18-7-9-21(30)28(26-18)12-13-32-17-4-2-1-3-5-17/h1-9,14H,10-13,15H2,(H,23,29)(H,25,31). The molecule has 10 nitrogen and oxygen atoms in total. The number of para-hydroxylation sites is 1. The van der Waals surface area contributed by atoms with Crippen molar-refractivity contribution in [1.82, 2.24) is 20.1 Å². The van der Waals surface area contributed by atoms with Crippen molar-refractivity contribution in [3.63, 3.8) is 0 Å². The molecule has 0 bridgehead atoms. The third-order valence-electron chi connectivity index (χ3n) is 4.78. The molecule has 0 radical (unpaired) electrons. The van der Waals surface area contributed by atoms with E-state index in [1.165, 1.54) is 23.0 Å². The van der Waals surface area contributed by atoms with E-state index in [2.05, 4.69) is 20.7 Å². The molecule has 3 aromatic rings. The molecule has 4 rings (SSSR count). The summed E-state index contributed by atoms with van der Waals surface area (Å²) in [5.74, 6) is 0.832. The van der Waals surface area contributed by atoms with Crippen LogP contribution in [0, 0.1) is 0 Å². The van der Waals surface area contributed by atoms with Crippen molar-refractivity contribution in [3.8, 4) is 5.75 Å². The van der Waals surface area contributed by atoms with Gasteiger partial charge in [-0.1, -0.05) is 18.2 Å². The minimum absolute atomic E-state index is 0.0502. The van der Waals surface area contributed by atoms with Gasteiger partial charge in [-0.05, 0) is 30.3 Å². The van der Waals surface area contributed by atoms with Gasteiger partial charge in [0.2, 0.25) is 5.91 Å². The number of nitrogens with one attached hydrogen (secondary N) is 2. The highest BCUT2D eigenvalue weighted by molar-refractivity contribution is 6.02. The lowest BCUT2D eigenvalue weighted by Gasteiger charge is -2.27. The fraction of sp³-hybridized carbons (Fsp3) is 0.227. The number of aromatic nitrogens is 3. The van der Waals surface area contributed by atoms with Gasteiger partial charge in [-0.15, -0.1) is 0 Å². The maximum Gasteiger partial charge on any atom is 0.276 e. The van der Waals surface area contributed by atoms with E-state index < -0.39 is 5.91 Å². The lowest BCUT2D eigenvalue weighted by molar-refractivity contribution is -0.120. The largest absolute Gasteiger partial charge is 0.492 e. The van der Waals surface area contributed by atoms with Gasteiger partial charge in [0.05, 0.1) is 25.0 Å². The zero-order valence-electron chi connectivity index (χ0n) is 17.2. The van der Waals surface area contributed by atoms with Gasteiger partial charge in [0.1, 0.15) is 23.9 Å². The Labute approximate surface area is 183 Å². The number of carbonyl (C=O) groups is 2. The minimum Gasteiger partial charge on any atom is -0.492 e. The number of pyridine rings is 1. The molecule has 2 amide bonds. The minimum atomic E-state index is -0.463. The smallest absolute Gasteiger partial charge is 0.276 e. The maximum atomic E-state index is 12.6. The van der Waals surface area contributed by atoms with Crippen LogP contribution in [-0.2, 0) is 11.3 Å². The number of piperazine rings is 1. The summed E-state index contributed by atoms with van der Waals surface area (Å²) in [6.45, 7) is 1.93. The van der Waals surface area contributed by atoms with E-state index >= 15 is 0 Å². The van der Waals surface area contributed by atoms with E-state index in [4.69, 9.17) is 4.74 Å². The van der Waals surface area contributed by atoms with Crippen molar-refractivity contribution in [3.05, 3.63) is 76.8 Å². The molecule has 1 fully saturated rings. The molecule has 164 valence electrons. The summed E-state index contributed by atoms with van der Waals surface area (Å²) in [5, 5.41) is 9.62. The highest BCUT2D eigenvalue weighted by atomic mass is 16.5. The van der Waals surface area contributed by atoms with Crippen LogP contribution in [0.5, 0.6) is 5.75 Å². The number of hydrogen-bond donors (Lipinski definition) is 2. The molecule has 0 spiro atoms. The average Bonchev–Trinajstić information content (AvgIpc) is 2.81. The molecule has 2 N–H and O–H groups in total. The SMILES string of the molecule is O=C1CN(c2ccc(NC(=O)c3ccc(=O)n(CCOc4ccccc4)n3)cn2)CCN1. The second-order valence-corrected chi connectivity index (χ2v) is 7.07. The maximum absolute atomic E-state index is 12.6. The molecule has 0 aliphatic carbocycles. The topological polar surface area (TPSA) is 118 Å². The summed E-state index contributed by atoms with van der Waals surface area (Å²) in [6, 6.07) is 15.4. The second-order valence-electron chi connectivity index (χ2n) is 7.07. The fourth-order valence-electron chi connectivity index (χ4n) is 3.17. The molecule has 1 aliphatic rings. The molecule has 3 heterocycles. The van der Waals surface area contributed by atoms with E-state index in [-0.39, 0.29) is 36.9 Å². The highest BCUT2D eigenvalue weighted by Crippen LogP contribution is 2.15. The summed E-state index contributed by atoms with van der Waals surface area (Å²) in [6.07, 6.45) is 1.52. The van der Waals surface area contributed by atoms with E-state index in [1.807, 2.05) is 35.2 Å². The molecule has 32 heavy (non-hydrogen) atoms. The van der Waals surface area contributed by atoms with Crippen LogP contribution < -0.4 is 25.8 Å². The first-order chi connectivity index (χ1) is 15.6. The molecule has 0 atom stereocenters. The van der Waals surface area contributed by atoms with Crippen LogP contribution in [0.25, 0.3) is 0 Å². The Kier molecular flexibility index (Phi) is 6.40. The summed E-state index contributed by atoms with van der Waals surface area (Å²) < 4.78 is 6.79. The van der Waals surface area contributed by atoms with E-state index in [0.717, 1.165) is 0 Å². The van der Waals surface area contributed by atoms with Crippen LogP contribution in [0.4, 0.5) is 11.5 Å². The molecular weight excluding hydrogens is 412 g/mol. The monoisotopic (exact) mass is 434 g/mol. The molecule has 2 aromatic heterocycles. The van der Waals surface area contributed by atoms with Gasteiger partial charge in [0, 0.05) is 19.2 Å². The van der Waals surface area contributed by atoms with Crippen molar-refractivity contribution < 1.29 is 14.3 Å². The van der Waals surface area contributed by atoms with Crippen LogP contribution >= 0.6 is 0 Å². The highest BCUT2D eigenvalue weighted by Gasteiger charge is 2.17. The summed E-state index contributed by atoms with van der Waals surface area (Å²) >= 11 is 0. The van der Waals surface area contributed by atoms with Crippen molar-refractivity contribution in [1.29, 1.82) is 0 Å². The normalized spacial score (nSPS) is 13.4. The second kappa shape index (κ2) is 9.73. The van der Waals surface area contributed by atoms with E-state index in [1.54, 1.807) is 12.1 Å². The molecule has 1 aliphatic heterocycles. The fourth-order valence-corrected chi connectivity index (χ4v) is 3.17. The van der Waals surface area contributed by atoms with Crippen LogP contribution in [0.1, 0.15) is 10.5 Å².